The number of ether oxygens (including phenoxy) is 1. The van der Waals surface area contributed by atoms with Gasteiger partial charge in [-0.1, -0.05) is 19.8 Å². The zero-order valence-corrected chi connectivity index (χ0v) is 11.7. The Morgan fingerprint density at radius 2 is 1.82 bits per heavy atom. The van der Waals surface area contributed by atoms with Crippen LogP contribution in [-0.2, 0) is 4.74 Å². The van der Waals surface area contributed by atoms with E-state index >= 15 is 0 Å². The molecule has 6 bridgehead atoms. The summed E-state index contributed by atoms with van der Waals surface area (Å²) in [6.07, 6.45) is 6.55. The van der Waals surface area contributed by atoms with E-state index in [0.29, 0.717) is 11.5 Å². The summed E-state index contributed by atoms with van der Waals surface area (Å²) in [5.41, 5.74) is 0.710. The fourth-order valence-corrected chi connectivity index (χ4v) is 6.17. The third-order valence-corrected chi connectivity index (χ3v) is 6.34. The molecule has 0 aromatic heterocycles. The standard InChI is InChI=1S/C16H26O/c1-15(2,3)17-14-11-10-9-7-5-6-8-16(4,12(9)14)13(10)11/h9-14H,5-8H2,1-4H3. The normalized spacial score (nSPS) is 59.3. The third-order valence-electron chi connectivity index (χ3n) is 6.34. The maximum absolute atomic E-state index is 6.46. The van der Waals surface area contributed by atoms with Gasteiger partial charge in [-0.05, 0) is 68.6 Å². The maximum Gasteiger partial charge on any atom is 0.0652 e. The lowest BCUT2D eigenvalue weighted by molar-refractivity contribution is -0.0897. The fourth-order valence-electron chi connectivity index (χ4n) is 6.17. The first-order chi connectivity index (χ1) is 7.93. The Bertz CT molecular complexity index is 355. The summed E-state index contributed by atoms with van der Waals surface area (Å²) >= 11 is 0. The van der Waals surface area contributed by atoms with Crippen molar-refractivity contribution in [3.8, 4) is 0 Å². The summed E-state index contributed by atoms with van der Waals surface area (Å²) in [5, 5.41) is 0. The molecule has 5 saturated carbocycles. The smallest absolute Gasteiger partial charge is 0.0652 e. The zero-order chi connectivity index (χ0) is 12.0. The maximum atomic E-state index is 6.46. The monoisotopic (exact) mass is 234 g/mol. The summed E-state index contributed by atoms with van der Waals surface area (Å²) in [5.74, 6) is 5.00. The second-order valence-corrected chi connectivity index (χ2v) is 8.32. The summed E-state index contributed by atoms with van der Waals surface area (Å²) in [7, 11) is 0. The van der Waals surface area contributed by atoms with Crippen LogP contribution in [0.5, 0.6) is 0 Å². The molecule has 0 amide bonds. The Kier molecular flexibility index (Phi) is 1.86. The second kappa shape index (κ2) is 2.92. The first kappa shape index (κ1) is 10.8. The molecule has 0 aliphatic heterocycles. The molecule has 0 N–H and O–H groups in total. The molecule has 5 aliphatic carbocycles. The van der Waals surface area contributed by atoms with Crippen molar-refractivity contribution < 1.29 is 4.74 Å². The highest BCUT2D eigenvalue weighted by molar-refractivity contribution is 5.29. The van der Waals surface area contributed by atoms with Gasteiger partial charge in [0.2, 0.25) is 0 Å². The molecule has 7 atom stereocenters. The number of rotatable bonds is 1. The average molecular weight is 234 g/mol. The highest BCUT2D eigenvalue weighted by Gasteiger charge is 2.82. The molecular formula is C16H26O. The molecule has 0 saturated heterocycles. The molecule has 0 aromatic rings. The van der Waals surface area contributed by atoms with Gasteiger partial charge in [0.05, 0.1) is 11.7 Å². The topological polar surface area (TPSA) is 9.23 Å². The van der Waals surface area contributed by atoms with Gasteiger partial charge in [-0.25, -0.2) is 0 Å². The minimum atomic E-state index is 0.0504. The SMILES string of the molecule is CC(C)(C)OC1C2C3C4CCCCC(C)(C41)C32. The van der Waals surface area contributed by atoms with Gasteiger partial charge in [0.25, 0.3) is 0 Å². The molecule has 0 heterocycles. The minimum Gasteiger partial charge on any atom is -0.372 e. The van der Waals surface area contributed by atoms with Crippen molar-refractivity contribution in [2.75, 3.05) is 0 Å². The number of hydrogen-bond acceptors (Lipinski definition) is 1. The molecule has 17 heavy (non-hydrogen) atoms. The lowest BCUT2D eigenvalue weighted by atomic mass is 9.75. The van der Waals surface area contributed by atoms with Gasteiger partial charge in [0.15, 0.2) is 0 Å². The van der Waals surface area contributed by atoms with Gasteiger partial charge >= 0.3 is 0 Å². The van der Waals surface area contributed by atoms with Crippen molar-refractivity contribution in [1.82, 2.24) is 0 Å². The Morgan fingerprint density at radius 3 is 2.53 bits per heavy atom. The first-order valence-corrected chi connectivity index (χ1v) is 7.61. The summed E-state index contributed by atoms with van der Waals surface area (Å²) < 4.78 is 6.46. The molecule has 0 radical (unpaired) electrons. The predicted octanol–water partition coefficient (Wildman–Crippen LogP) is 3.87. The van der Waals surface area contributed by atoms with Gasteiger partial charge in [-0.3, -0.25) is 0 Å². The number of hydrogen-bond donors (Lipinski definition) is 0. The lowest BCUT2D eigenvalue weighted by Crippen LogP contribution is -2.35. The predicted molar refractivity (Wildman–Crippen MR) is 68.7 cm³/mol. The van der Waals surface area contributed by atoms with E-state index in [1.54, 1.807) is 0 Å². The Labute approximate surface area is 105 Å². The highest BCUT2D eigenvalue weighted by Crippen LogP contribution is 2.83. The molecule has 5 fully saturated rings. The summed E-state index contributed by atoms with van der Waals surface area (Å²) in [6.45, 7) is 9.27. The van der Waals surface area contributed by atoms with Gasteiger partial charge in [-0.2, -0.15) is 0 Å². The van der Waals surface area contributed by atoms with E-state index in [1.165, 1.54) is 25.7 Å². The van der Waals surface area contributed by atoms with Crippen LogP contribution in [0, 0.1) is 35.0 Å². The van der Waals surface area contributed by atoms with Crippen molar-refractivity contribution in [1.29, 1.82) is 0 Å². The van der Waals surface area contributed by atoms with Crippen LogP contribution in [-0.4, -0.2) is 11.7 Å². The summed E-state index contributed by atoms with van der Waals surface area (Å²) in [6, 6.07) is 0. The molecule has 0 aromatic carbocycles. The first-order valence-electron chi connectivity index (χ1n) is 7.61. The molecule has 1 nitrogen and oxygen atoms in total. The van der Waals surface area contributed by atoms with Crippen LogP contribution in [0.1, 0.15) is 53.4 Å². The Morgan fingerprint density at radius 1 is 1.06 bits per heavy atom. The van der Waals surface area contributed by atoms with Gasteiger partial charge < -0.3 is 4.74 Å². The molecule has 5 rings (SSSR count). The lowest BCUT2D eigenvalue weighted by Gasteiger charge is -2.34. The van der Waals surface area contributed by atoms with Gasteiger partial charge in [0, 0.05) is 0 Å². The van der Waals surface area contributed by atoms with Crippen LogP contribution in [0.15, 0.2) is 0 Å². The van der Waals surface area contributed by atoms with Crippen LogP contribution in [0.3, 0.4) is 0 Å². The van der Waals surface area contributed by atoms with E-state index < -0.39 is 0 Å². The van der Waals surface area contributed by atoms with E-state index in [2.05, 4.69) is 27.7 Å². The largest absolute Gasteiger partial charge is 0.372 e. The van der Waals surface area contributed by atoms with Gasteiger partial charge in [-0.15, -0.1) is 0 Å². The van der Waals surface area contributed by atoms with Crippen molar-refractivity contribution in [3.63, 3.8) is 0 Å². The van der Waals surface area contributed by atoms with Crippen molar-refractivity contribution in [2.45, 2.75) is 65.1 Å². The van der Waals surface area contributed by atoms with Crippen molar-refractivity contribution in [3.05, 3.63) is 0 Å². The molecule has 7 unspecified atom stereocenters. The third kappa shape index (κ3) is 1.20. The van der Waals surface area contributed by atoms with Crippen LogP contribution < -0.4 is 0 Å². The van der Waals surface area contributed by atoms with E-state index in [0.717, 1.165) is 29.6 Å². The molecule has 5 aliphatic rings. The molecule has 96 valence electrons. The highest BCUT2D eigenvalue weighted by atomic mass is 16.5. The Balaban J connectivity index is 1.67. The molecule has 0 spiro atoms. The molecular weight excluding hydrogens is 208 g/mol. The van der Waals surface area contributed by atoms with Crippen molar-refractivity contribution in [2.24, 2.45) is 35.0 Å². The van der Waals surface area contributed by atoms with Crippen molar-refractivity contribution >= 4 is 0 Å². The van der Waals surface area contributed by atoms with Crippen LogP contribution >= 0.6 is 0 Å². The van der Waals surface area contributed by atoms with Crippen LogP contribution in [0.4, 0.5) is 0 Å². The fraction of sp³-hybridized carbons (Fsp3) is 1.00. The zero-order valence-electron chi connectivity index (χ0n) is 11.7. The van der Waals surface area contributed by atoms with Gasteiger partial charge in [0.1, 0.15) is 0 Å². The van der Waals surface area contributed by atoms with E-state index in [4.69, 9.17) is 4.74 Å². The average Bonchev–Trinajstić information content (AvgIpc) is 2.74. The minimum absolute atomic E-state index is 0.0504. The van der Waals surface area contributed by atoms with E-state index in [9.17, 15) is 0 Å². The quantitative estimate of drug-likeness (QED) is 0.669. The van der Waals surface area contributed by atoms with E-state index in [1.807, 2.05) is 0 Å². The van der Waals surface area contributed by atoms with Crippen LogP contribution in [0.2, 0.25) is 0 Å². The summed E-state index contributed by atoms with van der Waals surface area (Å²) in [4.78, 5) is 0. The van der Waals surface area contributed by atoms with E-state index in [-0.39, 0.29) is 5.60 Å². The molecule has 1 heteroatoms. The Hall–Kier alpha value is -0.0400. The van der Waals surface area contributed by atoms with Crippen LogP contribution in [0.25, 0.3) is 0 Å². The second-order valence-electron chi connectivity index (χ2n) is 8.32.